The molecule has 0 radical (unpaired) electrons. The fourth-order valence-electron chi connectivity index (χ4n) is 2.87. The first kappa shape index (κ1) is 21.9. The van der Waals surface area contributed by atoms with Gasteiger partial charge < -0.3 is 15.0 Å². The Morgan fingerprint density at radius 1 is 1.03 bits per heavy atom. The molecule has 7 heteroatoms. The molecule has 3 aromatic rings. The van der Waals surface area contributed by atoms with Crippen molar-refractivity contribution < 1.29 is 14.3 Å². The van der Waals surface area contributed by atoms with Crippen molar-refractivity contribution in [1.29, 1.82) is 0 Å². The number of hydrogen-bond acceptors (Lipinski definition) is 3. The van der Waals surface area contributed by atoms with Crippen molar-refractivity contribution in [3.63, 3.8) is 0 Å². The minimum atomic E-state index is -0.336. The van der Waals surface area contributed by atoms with E-state index in [0.717, 1.165) is 5.69 Å². The number of para-hydroxylation sites is 1. The van der Waals surface area contributed by atoms with E-state index in [4.69, 9.17) is 16.3 Å². The predicted molar refractivity (Wildman–Crippen MR) is 124 cm³/mol. The predicted octanol–water partition coefficient (Wildman–Crippen LogP) is 5.79. The molecular formula is C23H20BrClN2O3. The van der Waals surface area contributed by atoms with Gasteiger partial charge in [-0.2, -0.15) is 0 Å². The molecular weight excluding hydrogens is 468 g/mol. The van der Waals surface area contributed by atoms with Crippen LogP contribution in [0.4, 0.5) is 11.4 Å². The van der Waals surface area contributed by atoms with E-state index < -0.39 is 0 Å². The lowest BCUT2D eigenvalue weighted by molar-refractivity contribution is -0.118. The summed E-state index contributed by atoms with van der Waals surface area (Å²) in [5.74, 6) is 0.0397. The first-order valence-corrected chi connectivity index (χ1v) is 10.5. The van der Waals surface area contributed by atoms with Gasteiger partial charge in [0.2, 0.25) is 0 Å². The number of nitrogens with zero attached hydrogens (tertiary/aromatic N) is 1. The maximum Gasteiger partial charge on any atom is 0.262 e. The van der Waals surface area contributed by atoms with E-state index in [1.165, 1.54) is 0 Å². The normalized spacial score (nSPS) is 10.4. The molecule has 3 rings (SSSR count). The van der Waals surface area contributed by atoms with Crippen LogP contribution < -0.4 is 15.0 Å². The summed E-state index contributed by atoms with van der Waals surface area (Å²) in [7, 11) is 0. The van der Waals surface area contributed by atoms with Gasteiger partial charge in [0, 0.05) is 28.5 Å². The van der Waals surface area contributed by atoms with Gasteiger partial charge >= 0.3 is 0 Å². The molecule has 0 aliphatic heterocycles. The Labute approximate surface area is 188 Å². The number of carbonyl (C=O) groups excluding carboxylic acids is 2. The third-order valence-electron chi connectivity index (χ3n) is 4.28. The molecule has 0 fully saturated rings. The van der Waals surface area contributed by atoms with E-state index in [9.17, 15) is 9.59 Å². The van der Waals surface area contributed by atoms with Crippen molar-refractivity contribution >= 4 is 50.7 Å². The summed E-state index contributed by atoms with van der Waals surface area (Å²) >= 11 is 9.25. The lowest BCUT2D eigenvalue weighted by Crippen LogP contribution is -2.30. The average molecular weight is 488 g/mol. The quantitative estimate of drug-likeness (QED) is 0.459. The Hall–Kier alpha value is -2.83. The molecule has 0 spiro atoms. The zero-order valence-corrected chi connectivity index (χ0v) is 18.6. The van der Waals surface area contributed by atoms with Gasteiger partial charge in [0.15, 0.2) is 6.61 Å². The van der Waals surface area contributed by atoms with Gasteiger partial charge in [-0.1, -0.05) is 35.9 Å². The lowest BCUT2D eigenvalue weighted by atomic mass is 10.1. The molecule has 0 aliphatic rings. The SMILES string of the molecule is CCN(C(=O)c1cccc(NC(=O)COc2ccc(Cl)cc2Br)c1)c1ccccc1. The highest BCUT2D eigenvalue weighted by Crippen LogP contribution is 2.28. The lowest BCUT2D eigenvalue weighted by Gasteiger charge is -2.21. The van der Waals surface area contributed by atoms with Crippen LogP contribution in [0.1, 0.15) is 17.3 Å². The van der Waals surface area contributed by atoms with Crippen molar-refractivity contribution in [3.05, 3.63) is 87.9 Å². The van der Waals surface area contributed by atoms with Crippen molar-refractivity contribution in [3.8, 4) is 5.75 Å². The van der Waals surface area contributed by atoms with Crippen LogP contribution in [0, 0.1) is 0 Å². The Morgan fingerprint density at radius 3 is 2.50 bits per heavy atom. The van der Waals surface area contributed by atoms with Crippen LogP contribution in [0.25, 0.3) is 0 Å². The minimum Gasteiger partial charge on any atom is -0.483 e. The zero-order chi connectivity index (χ0) is 21.5. The number of rotatable bonds is 7. The van der Waals surface area contributed by atoms with Gasteiger partial charge in [-0.25, -0.2) is 0 Å². The topological polar surface area (TPSA) is 58.6 Å². The van der Waals surface area contributed by atoms with Gasteiger partial charge in [0.25, 0.3) is 11.8 Å². The van der Waals surface area contributed by atoms with E-state index in [1.54, 1.807) is 47.4 Å². The Kier molecular flexibility index (Phi) is 7.49. The first-order chi connectivity index (χ1) is 14.5. The molecule has 0 saturated heterocycles. The van der Waals surface area contributed by atoms with Gasteiger partial charge in [-0.15, -0.1) is 0 Å². The van der Waals surface area contributed by atoms with E-state index in [2.05, 4.69) is 21.2 Å². The van der Waals surface area contributed by atoms with Crippen LogP contribution in [-0.4, -0.2) is 25.0 Å². The van der Waals surface area contributed by atoms with Crippen LogP contribution in [0.3, 0.4) is 0 Å². The largest absolute Gasteiger partial charge is 0.483 e. The number of carbonyl (C=O) groups is 2. The molecule has 0 atom stereocenters. The second-order valence-corrected chi connectivity index (χ2v) is 7.67. The average Bonchev–Trinajstić information content (AvgIpc) is 2.74. The molecule has 154 valence electrons. The van der Waals surface area contributed by atoms with Gasteiger partial charge in [0.1, 0.15) is 5.75 Å². The van der Waals surface area contributed by atoms with Crippen LogP contribution >= 0.6 is 27.5 Å². The first-order valence-electron chi connectivity index (χ1n) is 9.32. The fourth-order valence-corrected chi connectivity index (χ4v) is 3.67. The Balaban J connectivity index is 1.66. The molecule has 5 nitrogen and oxygen atoms in total. The summed E-state index contributed by atoms with van der Waals surface area (Å²) in [6.07, 6.45) is 0. The number of nitrogens with one attached hydrogen (secondary N) is 1. The molecule has 1 N–H and O–H groups in total. The Bertz CT molecular complexity index is 1040. The Morgan fingerprint density at radius 2 is 1.80 bits per heavy atom. The van der Waals surface area contributed by atoms with E-state index in [-0.39, 0.29) is 18.4 Å². The number of amides is 2. The number of anilines is 2. The molecule has 0 heterocycles. The van der Waals surface area contributed by atoms with Crippen LogP contribution in [0.2, 0.25) is 5.02 Å². The van der Waals surface area contributed by atoms with Crippen LogP contribution in [0.5, 0.6) is 5.75 Å². The van der Waals surface area contributed by atoms with Gasteiger partial charge in [0.05, 0.1) is 4.47 Å². The second-order valence-electron chi connectivity index (χ2n) is 6.38. The number of ether oxygens (including phenoxy) is 1. The molecule has 0 unspecified atom stereocenters. The summed E-state index contributed by atoms with van der Waals surface area (Å²) in [6, 6.07) is 21.4. The van der Waals surface area contributed by atoms with E-state index in [0.29, 0.717) is 33.0 Å². The summed E-state index contributed by atoms with van der Waals surface area (Å²) in [6.45, 7) is 2.27. The monoisotopic (exact) mass is 486 g/mol. The molecule has 2 amide bonds. The highest BCUT2D eigenvalue weighted by molar-refractivity contribution is 9.10. The van der Waals surface area contributed by atoms with Gasteiger partial charge in [-0.3, -0.25) is 9.59 Å². The summed E-state index contributed by atoms with van der Waals surface area (Å²) in [5.41, 5.74) is 1.83. The van der Waals surface area contributed by atoms with Gasteiger partial charge in [-0.05, 0) is 71.4 Å². The minimum absolute atomic E-state index is 0.138. The van der Waals surface area contributed by atoms with Crippen molar-refractivity contribution in [2.45, 2.75) is 6.92 Å². The summed E-state index contributed by atoms with van der Waals surface area (Å²) in [4.78, 5) is 26.9. The van der Waals surface area contributed by atoms with Crippen LogP contribution in [-0.2, 0) is 4.79 Å². The molecule has 0 aliphatic carbocycles. The maximum atomic E-state index is 13.0. The molecule has 30 heavy (non-hydrogen) atoms. The number of halogens is 2. The molecule has 3 aromatic carbocycles. The maximum absolute atomic E-state index is 13.0. The third kappa shape index (κ3) is 5.62. The number of benzene rings is 3. The van der Waals surface area contributed by atoms with Crippen LogP contribution in [0.15, 0.2) is 77.3 Å². The molecule has 0 aromatic heterocycles. The van der Waals surface area contributed by atoms with Crippen molar-refractivity contribution in [2.24, 2.45) is 0 Å². The summed E-state index contributed by atoms with van der Waals surface area (Å²) in [5, 5.41) is 3.33. The number of hydrogen-bond donors (Lipinski definition) is 1. The highest BCUT2D eigenvalue weighted by Gasteiger charge is 2.16. The second kappa shape index (κ2) is 10.3. The fraction of sp³-hybridized carbons (Fsp3) is 0.130. The van der Waals surface area contributed by atoms with E-state index >= 15 is 0 Å². The summed E-state index contributed by atoms with van der Waals surface area (Å²) < 4.78 is 6.19. The van der Waals surface area contributed by atoms with Crippen molar-refractivity contribution in [2.75, 3.05) is 23.4 Å². The van der Waals surface area contributed by atoms with Crippen molar-refractivity contribution in [1.82, 2.24) is 0 Å². The smallest absolute Gasteiger partial charge is 0.262 e. The standard InChI is InChI=1S/C23H20BrClN2O3/c1-2-27(19-9-4-3-5-10-19)23(29)16-7-6-8-18(13-16)26-22(28)15-30-21-12-11-17(25)14-20(21)24/h3-14H,2,15H2,1H3,(H,26,28). The molecule has 0 bridgehead atoms. The van der Waals surface area contributed by atoms with E-state index in [1.807, 2.05) is 37.3 Å². The highest BCUT2D eigenvalue weighted by atomic mass is 79.9. The molecule has 0 saturated carbocycles. The zero-order valence-electron chi connectivity index (χ0n) is 16.3. The third-order valence-corrected chi connectivity index (χ3v) is 5.13.